The second-order valence-electron chi connectivity index (χ2n) is 3.67. The molecule has 10 heavy (non-hydrogen) atoms. The Kier molecular flexibility index (Phi) is 1.94. The molecule has 1 aliphatic carbocycles. The Bertz CT molecular complexity index is 85.3. The first kappa shape index (κ1) is 6.66. The molecule has 0 bridgehead atoms. The lowest BCUT2D eigenvalue weighted by atomic mass is 9.90. The highest BCUT2D eigenvalue weighted by Gasteiger charge is 2.27. The summed E-state index contributed by atoms with van der Waals surface area (Å²) in [5.74, 6) is 1.96. The summed E-state index contributed by atoms with van der Waals surface area (Å²) in [6.45, 7) is 2.09. The molecule has 0 N–H and O–H groups in total. The lowest BCUT2D eigenvalue weighted by Crippen LogP contribution is -2.10. The van der Waals surface area contributed by atoms with Crippen LogP contribution in [0.5, 0.6) is 0 Å². The topological polar surface area (TPSA) is 9.23 Å². The van der Waals surface area contributed by atoms with Gasteiger partial charge in [0.2, 0.25) is 0 Å². The van der Waals surface area contributed by atoms with Gasteiger partial charge in [0.15, 0.2) is 0 Å². The average molecular weight is 140 g/mol. The van der Waals surface area contributed by atoms with Gasteiger partial charge in [0.1, 0.15) is 0 Å². The van der Waals surface area contributed by atoms with Crippen LogP contribution in [-0.2, 0) is 4.74 Å². The maximum absolute atomic E-state index is 5.37. The Morgan fingerprint density at radius 1 is 0.900 bits per heavy atom. The average Bonchev–Trinajstić information content (AvgIpc) is 2.59. The summed E-state index contributed by atoms with van der Waals surface area (Å²) in [7, 11) is 0. The third kappa shape index (κ3) is 1.20. The molecule has 58 valence electrons. The first-order valence-corrected chi connectivity index (χ1v) is 4.54. The quantitative estimate of drug-likeness (QED) is 0.542. The fourth-order valence-corrected chi connectivity index (χ4v) is 2.35. The SMILES string of the molecule is C1CCC(C2CCOC2)C1. The van der Waals surface area contributed by atoms with Crippen molar-refractivity contribution in [1.29, 1.82) is 0 Å². The standard InChI is InChI=1S/C9H16O/c1-2-4-8(3-1)9-5-6-10-7-9/h8-9H,1-7H2. The molecule has 2 fully saturated rings. The fraction of sp³-hybridized carbons (Fsp3) is 1.00. The van der Waals surface area contributed by atoms with E-state index in [2.05, 4.69) is 0 Å². The van der Waals surface area contributed by atoms with Crippen molar-refractivity contribution in [3.63, 3.8) is 0 Å². The van der Waals surface area contributed by atoms with E-state index in [1.54, 1.807) is 0 Å². The van der Waals surface area contributed by atoms with Crippen LogP contribution in [0.4, 0.5) is 0 Å². The van der Waals surface area contributed by atoms with Crippen LogP contribution < -0.4 is 0 Å². The number of ether oxygens (including phenoxy) is 1. The molecule has 0 radical (unpaired) electrons. The molecule has 1 atom stereocenters. The molecule has 1 nitrogen and oxygen atoms in total. The monoisotopic (exact) mass is 140 g/mol. The molecule has 2 aliphatic rings. The summed E-state index contributed by atoms with van der Waals surface area (Å²) in [5, 5.41) is 0. The highest BCUT2D eigenvalue weighted by molar-refractivity contribution is 4.77. The highest BCUT2D eigenvalue weighted by atomic mass is 16.5. The zero-order chi connectivity index (χ0) is 6.81. The van der Waals surface area contributed by atoms with Gasteiger partial charge in [-0.15, -0.1) is 0 Å². The van der Waals surface area contributed by atoms with Crippen molar-refractivity contribution in [1.82, 2.24) is 0 Å². The highest BCUT2D eigenvalue weighted by Crippen LogP contribution is 2.35. The molecule has 1 unspecified atom stereocenters. The molecule has 2 rings (SSSR count). The summed E-state index contributed by atoms with van der Waals surface area (Å²) < 4.78 is 5.37. The minimum Gasteiger partial charge on any atom is -0.381 e. The molecule has 1 heteroatoms. The molecule has 1 heterocycles. The van der Waals surface area contributed by atoms with E-state index in [-0.39, 0.29) is 0 Å². The van der Waals surface area contributed by atoms with E-state index in [1.807, 2.05) is 0 Å². The molecule has 1 saturated heterocycles. The van der Waals surface area contributed by atoms with Crippen molar-refractivity contribution >= 4 is 0 Å². The predicted molar refractivity (Wildman–Crippen MR) is 40.9 cm³/mol. The molecule has 0 amide bonds. The summed E-state index contributed by atoms with van der Waals surface area (Å²) in [5.41, 5.74) is 0. The van der Waals surface area contributed by atoms with Gasteiger partial charge in [0.05, 0.1) is 0 Å². The van der Waals surface area contributed by atoms with Gasteiger partial charge in [-0.3, -0.25) is 0 Å². The summed E-state index contributed by atoms with van der Waals surface area (Å²) in [4.78, 5) is 0. The zero-order valence-corrected chi connectivity index (χ0v) is 6.51. The lowest BCUT2D eigenvalue weighted by Gasteiger charge is -2.14. The predicted octanol–water partition coefficient (Wildman–Crippen LogP) is 2.21. The van der Waals surface area contributed by atoms with Crippen molar-refractivity contribution in [2.45, 2.75) is 32.1 Å². The Hall–Kier alpha value is -0.0400. The normalized spacial score (nSPS) is 35.4. The second kappa shape index (κ2) is 2.91. The first-order chi connectivity index (χ1) is 4.97. The van der Waals surface area contributed by atoms with E-state index >= 15 is 0 Å². The summed E-state index contributed by atoms with van der Waals surface area (Å²) in [6, 6.07) is 0. The van der Waals surface area contributed by atoms with E-state index < -0.39 is 0 Å². The largest absolute Gasteiger partial charge is 0.381 e. The summed E-state index contributed by atoms with van der Waals surface area (Å²) in [6.07, 6.45) is 7.25. The van der Waals surface area contributed by atoms with Crippen LogP contribution in [-0.4, -0.2) is 13.2 Å². The first-order valence-electron chi connectivity index (χ1n) is 4.54. The number of hydrogen-bond acceptors (Lipinski definition) is 1. The zero-order valence-electron chi connectivity index (χ0n) is 6.51. The van der Waals surface area contributed by atoms with Crippen molar-refractivity contribution in [3.8, 4) is 0 Å². The molecule has 0 aromatic heterocycles. The smallest absolute Gasteiger partial charge is 0.0497 e. The van der Waals surface area contributed by atoms with Crippen LogP contribution in [0.1, 0.15) is 32.1 Å². The Labute approximate surface area is 62.8 Å². The van der Waals surface area contributed by atoms with Gasteiger partial charge in [0, 0.05) is 13.2 Å². The van der Waals surface area contributed by atoms with Gasteiger partial charge in [-0.25, -0.2) is 0 Å². The van der Waals surface area contributed by atoms with Crippen LogP contribution in [0.25, 0.3) is 0 Å². The van der Waals surface area contributed by atoms with E-state index in [1.165, 1.54) is 32.1 Å². The van der Waals surface area contributed by atoms with E-state index in [9.17, 15) is 0 Å². The van der Waals surface area contributed by atoms with E-state index in [4.69, 9.17) is 4.74 Å². The van der Waals surface area contributed by atoms with Crippen LogP contribution in [0.3, 0.4) is 0 Å². The maximum atomic E-state index is 5.37. The minimum absolute atomic E-state index is 0.933. The van der Waals surface area contributed by atoms with Crippen molar-refractivity contribution < 1.29 is 4.74 Å². The molecule has 1 aliphatic heterocycles. The second-order valence-corrected chi connectivity index (χ2v) is 3.67. The van der Waals surface area contributed by atoms with Crippen molar-refractivity contribution in [2.24, 2.45) is 11.8 Å². The van der Waals surface area contributed by atoms with Crippen molar-refractivity contribution in [2.75, 3.05) is 13.2 Å². The molecule has 0 aromatic carbocycles. The van der Waals surface area contributed by atoms with Gasteiger partial charge >= 0.3 is 0 Å². The molecule has 1 saturated carbocycles. The Morgan fingerprint density at radius 3 is 2.30 bits per heavy atom. The maximum Gasteiger partial charge on any atom is 0.0497 e. The van der Waals surface area contributed by atoms with Gasteiger partial charge in [0.25, 0.3) is 0 Å². The molecular formula is C9H16O. The third-order valence-electron chi connectivity index (χ3n) is 3.03. The fourth-order valence-electron chi connectivity index (χ4n) is 2.35. The Morgan fingerprint density at radius 2 is 1.70 bits per heavy atom. The summed E-state index contributed by atoms with van der Waals surface area (Å²) >= 11 is 0. The molecule has 0 spiro atoms. The third-order valence-corrected chi connectivity index (χ3v) is 3.03. The Balaban J connectivity index is 1.85. The van der Waals surface area contributed by atoms with Crippen LogP contribution in [0, 0.1) is 11.8 Å². The molecular weight excluding hydrogens is 124 g/mol. The van der Waals surface area contributed by atoms with Gasteiger partial charge < -0.3 is 4.74 Å². The van der Waals surface area contributed by atoms with Crippen molar-refractivity contribution in [3.05, 3.63) is 0 Å². The van der Waals surface area contributed by atoms with E-state index in [0.717, 1.165) is 25.0 Å². The van der Waals surface area contributed by atoms with Gasteiger partial charge in [-0.05, 0) is 18.3 Å². The van der Waals surface area contributed by atoms with Gasteiger partial charge in [-0.2, -0.15) is 0 Å². The molecule has 0 aromatic rings. The van der Waals surface area contributed by atoms with Crippen LogP contribution in [0.2, 0.25) is 0 Å². The number of hydrogen-bond donors (Lipinski definition) is 0. The lowest BCUT2D eigenvalue weighted by molar-refractivity contribution is 0.172. The minimum atomic E-state index is 0.933. The number of rotatable bonds is 1. The van der Waals surface area contributed by atoms with Crippen LogP contribution >= 0.6 is 0 Å². The van der Waals surface area contributed by atoms with Crippen LogP contribution in [0.15, 0.2) is 0 Å². The van der Waals surface area contributed by atoms with Gasteiger partial charge in [-0.1, -0.05) is 25.7 Å². The van der Waals surface area contributed by atoms with E-state index in [0.29, 0.717) is 0 Å².